The van der Waals surface area contributed by atoms with Crippen molar-refractivity contribution >= 4 is 11.7 Å². The Labute approximate surface area is 91.8 Å². The molecule has 1 fully saturated rings. The van der Waals surface area contributed by atoms with Crippen molar-refractivity contribution in [2.75, 3.05) is 0 Å². The molecule has 0 aliphatic heterocycles. The molecule has 0 aromatic rings. The second-order valence-corrected chi connectivity index (χ2v) is 5.29. The zero-order valence-corrected chi connectivity index (χ0v) is 9.93. The van der Waals surface area contributed by atoms with E-state index >= 15 is 0 Å². The first kappa shape index (κ1) is 12.0. The van der Waals surface area contributed by atoms with Crippen LogP contribution in [0.5, 0.6) is 0 Å². The van der Waals surface area contributed by atoms with E-state index in [0.29, 0.717) is 5.92 Å². The molecule has 86 valence electrons. The number of nitrogens with one attached hydrogen (secondary N) is 2. The lowest BCUT2D eigenvalue weighted by atomic mass is 9.71. The highest BCUT2D eigenvalue weighted by atomic mass is 15.3. The summed E-state index contributed by atoms with van der Waals surface area (Å²) in [5, 5.41) is 11.3. The molecule has 1 saturated carbocycles. The summed E-state index contributed by atoms with van der Waals surface area (Å²) >= 11 is 0. The number of nitrogens with zero attached hydrogens (tertiary/aromatic N) is 1. The predicted molar refractivity (Wildman–Crippen MR) is 63.9 cm³/mol. The van der Waals surface area contributed by atoms with Gasteiger partial charge in [0.1, 0.15) is 0 Å². The quantitative estimate of drug-likeness (QED) is 0.352. The summed E-state index contributed by atoms with van der Waals surface area (Å²) in [5.41, 5.74) is 9.21. The van der Waals surface area contributed by atoms with Gasteiger partial charge in [-0.15, -0.1) is 0 Å². The van der Waals surface area contributed by atoms with Crippen molar-refractivity contribution < 1.29 is 0 Å². The molecule has 4 heteroatoms. The van der Waals surface area contributed by atoms with E-state index in [2.05, 4.69) is 31.3 Å². The average Bonchev–Trinajstić information content (AvgIpc) is 2.13. The molecule has 1 aliphatic rings. The Hall–Kier alpha value is -1.06. The van der Waals surface area contributed by atoms with Crippen molar-refractivity contribution in [2.45, 2.75) is 46.5 Å². The van der Waals surface area contributed by atoms with Crippen LogP contribution in [0.4, 0.5) is 0 Å². The van der Waals surface area contributed by atoms with Crippen molar-refractivity contribution in [3.05, 3.63) is 0 Å². The fourth-order valence-electron chi connectivity index (χ4n) is 2.19. The van der Waals surface area contributed by atoms with E-state index < -0.39 is 0 Å². The van der Waals surface area contributed by atoms with E-state index in [4.69, 9.17) is 11.1 Å². The summed E-state index contributed by atoms with van der Waals surface area (Å²) in [5.74, 6) is 0.429. The number of hydrazone groups is 1. The molecule has 0 aromatic heterocycles. The third-order valence-electron chi connectivity index (χ3n) is 2.94. The maximum absolute atomic E-state index is 7.09. The second kappa shape index (κ2) is 4.64. The molecule has 0 aromatic carbocycles. The summed E-state index contributed by atoms with van der Waals surface area (Å²) in [6.07, 6.45) is 4.70. The van der Waals surface area contributed by atoms with Crippen molar-refractivity contribution in [1.29, 1.82) is 5.41 Å². The van der Waals surface area contributed by atoms with Gasteiger partial charge < -0.3 is 5.73 Å². The number of guanidine groups is 1. The van der Waals surface area contributed by atoms with Crippen molar-refractivity contribution in [3.63, 3.8) is 0 Å². The van der Waals surface area contributed by atoms with Crippen LogP contribution in [0.1, 0.15) is 46.5 Å². The van der Waals surface area contributed by atoms with Gasteiger partial charge in [0.2, 0.25) is 5.96 Å². The minimum Gasteiger partial charge on any atom is -0.369 e. The first-order valence-corrected chi connectivity index (χ1v) is 5.58. The molecule has 0 heterocycles. The molecule has 4 nitrogen and oxygen atoms in total. The molecule has 0 amide bonds. The normalized spacial score (nSPS) is 25.3. The van der Waals surface area contributed by atoms with Gasteiger partial charge in [0.05, 0.1) is 0 Å². The van der Waals surface area contributed by atoms with Crippen molar-refractivity contribution in [1.82, 2.24) is 5.43 Å². The highest BCUT2D eigenvalue weighted by Crippen LogP contribution is 2.35. The molecule has 1 aliphatic carbocycles. The zero-order chi connectivity index (χ0) is 11.5. The molecule has 0 spiro atoms. The summed E-state index contributed by atoms with van der Waals surface area (Å²) < 4.78 is 0. The van der Waals surface area contributed by atoms with Gasteiger partial charge in [-0.2, -0.15) is 5.10 Å². The summed E-state index contributed by atoms with van der Waals surface area (Å²) in [4.78, 5) is 0. The highest BCUT2D eigenvalue weighted by Gasteiger charge is 2.31. The van der Waals surface area contributed by atoms with Gasteiger partial charge >= 0.3 is 0 Å². The van der Waals surface area contributed by atoms with Gasteiger partial charge in [-0.1, -0.05) is 27.2 Å². The molecular weight excluding hydrogens is 188 g/mol. The van der Waals surface area contributed by atoms with E-state index in [1.54, 1.807) is 0 Å². The fraction of sp³-hybridized carbons (Fsp3) is 0.818. The van der Waals surface area contributed by atoms with E-state index in [0.717, 1.165) is 6.42 Å². The third-order valence-corrected chi connectivity index (χ3v) is 2.94. The molecule has 1 unspecified atom stereocenters. The second-order valence-electron chi connectivity index (χ2n) is 5.29. The van der Waals surface area contributed by atoms with Crippen LogP contribution in [-0.2, 0) is 0 Å². The van der Waals surface area contributed by atoms with Crippen LogP contribution in [0, 0.1) is 16.7 Å². The van der Waals surface area contributed by atoms with E-state index in [1.807, 2.05) is 0 Å². The number of rotatable bonds is 1. The van der Waals surface area contributed by atoms with Crippen molar-refractivity contribution in [2.24, 2.45) is 22.2 Å². The lowest BCUT2D eigenvalue weighted by molar-refractivity contribution is 0.276. The maximum Gasteiger partial charge on any atom is 0.206 e. The van der Waals surface area contributed by atoms with Crippen LogP contribution < -0.4 is 11.2 Å². The Morgan fingerprint density at radius 1 is 1.47 bits per heavy atom. The lowest BCUT2D eigenvalue weighted by Crippen LogP contribution is -2.34. The SMILES string of the molecule is CC(C)(C)C1CCCCC1=NNC(=N)N. The Morgan fingerprint density at radius 3 is 2.67 bits per heavy atom. The van der Waals surface area contributed by atoms with Gasteiger partial charge in [0, 0.05) is 11.6 Å². The Morgan fingerprint density at radius 2 is 2.13 bits per heavy atom. The number of hydrogen-bond acceptors (Lipinski definition) is 2. The predicted octanol–water partition coefficient (Wildman–Crippen LogP) is 2.06. The van der Waals surface area contributed by atoms with Gasteiger partial charge in [0.25, 0.3) is 0 Å². The van der Waals surface area contributed by atoms with Crippen LogP contribution >= 0.6 is 0 Å². The van der Waals surface area contributed by atoms with Crippen molar-refractivity contribution in [3.8, 4) is 0 Å². The van der Waals surface area contributed by atoms with Crippen LogP contribution in [0.2, 0.25) is 0 Å². The number of nitrogens with two attached hydrogens (primary N) is 1. The molecule has 15 heavy (non-hydrogen) atoms. The van der Waals surface area contributed by atoms with E-state index in [9.17, 15) is 0 Å². The first-order valence-electron chi connectivity index (χ1n) is 5.58. The smallest absolute Gasteiger partial charge is 0.206 e. The monoisotopic (exact) mass is 210 g/mol. The fourth-order valence-corrected chi connectivity index (χ4v) is 2.19. The molecule has 0 bridgehead atoms. The van der Waals surface area contributed by atoms with Crippen LogP contribution in [0.3, 0.4) is 0 Å². The Balaban J connectivity index is 2.74. The van der Waals surface area contributed by atoms with E-state index in [1.165, 1.54) is 25.0 Å². The Kier molecular flexibility index (Phi) is 3.72. The first-order chi connectivity index (χ1) is 6.91. The summed E-state index contributed by atoms with van der Waals surface area (Å²) in [7, 11) is 0. The summed E-state index contributed by atoms with van der Waals surface area (Å²) in [6.45, 7) is 6.73. The molecule has 0 saturated heterocycles. The van der Waals surface area contributed by atoms with Crippen LogP contribution in [-0.4, -0.2) is 11.7 Å². The van der Waals surface area contributed by atoms with E-state index in [-0.39, 0.29) is 11.4 Å². The standard InChI is InChI=1S/C11H22N4/c1-11(2,3)8-6-4-5-7-9(8)14-15-10(12)13/h8H,4-7H2,1-3H3,(H4,12,13,15). The number of hydrogen-bond donors (Lipinski definition) is 3. The van der Waals surface area contributed by atoms with Gasteiger partial charge in [-0.3, -0.25) is 5.41 Å². The van der Waals surface area contributed by atoms with Gasteiger partial charge in [0.15, 0.2) is 0 Å². The lowest BCUT2D eigenvalue weighted by Gasteiger charge is -2.34. The third kappa shape index (κ3) is 3.53. The summed E-state index contributed by atoms with van der Waals surface area (Å²) in [6, 6.07) is 0. The van der Waals surface area contributed by atoms with Crippen LogP contribution in [0.15, 0.2) is 5.10 Å². The van der Waals surface area contributed by atoms with Gasteiger partial charge in [-0.25, -0.2) is 5.43 Å². The molecule has 4 N–H and O–H groups in total. The van der Waals surface area contributed by atoms with Crippen LogP contribution in [0.25, 0.3) is 0 Å². The largest absolute Gasteiger partial charge is 0.369 e. The Bertz CT molecular complexity index is 262. The molecule has 1 rings (SSSR count). The van der Waals surface area contributed by atoms with Gasteiger partial charge in [-0.05, 0) is 24.7 Å². The highest BCUT2D eigenvalue weighted by molar-refractivity contribution is 5.89. The minimum absolute atomic E-state index is 0.0827. The zero-order valence-electron chi connectivity index (χ0n) is 9.93. The maximum atomic E-state index is 7.09. The molecular formula is C11H22N4. The molecule has 1 atom stereocenters. The topological polar surface area (TPSA) is 74.3 Å². The minimum atomic E-state index is -0.0827. The average molecular weight is 210 g/mol. The molecule has 0 radical (unpaired) electrons.